The van der Waals surface area contributed by atoms with Crippen molar-refractivity contribution in [1.82, 2.24) is 9.55 Å². The smallest absolute Gasteiger partial charge is 0.286 e. The maximum absolute atomic E-state index is 12.6. The summed E-state index contributed by atoms with van der Waals surface area (Å²) in [7, 11) is 0. The molecule has 4 nitrogen and oxygen atoms in total. The fraction of sp³-hybridized carbons (Fsp3) is 0.250. The molecular formula is C8H7FN2O2. The SMILES string of the molecule is CC#CCn1cc(F)c(=O)[nH]c1=O. The van der Waals surface area contributed by atoms with E-state index >= 15 is 0 Å². The molecule has 0 radical (unpaired) electrons. The average Bonchev–Trinajstić information content (AvgIpc) is 2.09. The van der Waals surface area contributed by atoms with Crippen molar-refractivity contribution in [3.63, 3.8) is 0 Å². The molecule has 0 aromatic carbocycles. The van der Waals surface area contributed by atoms with Crippen LogP contribution in [0.3, 0.4) is 0 Å². The lowest BCUT2D eigenvalue weighted by Crippen LogP contribution is -2.31. The van der Waals surface area contributed by atoms with Gasteiger partial charge in [0.2, 0.25) is 5.82 Å². The van der Waals surface area contributed by atoms with E-state index in [4.69, 9.17) is 0 Å². The molecule has 0 aliphatic heterocycles. The van der Waals surface area contributed by atoms with Crippen LogP contribution in [0.1, 0.15) is 6.92 Å². The molecule has 0 atom stereocenters. The van der Waals surface area contributed by atoms with Gasteiger partial charge in [-0.15, -0.1) is 5.92 Å². The van der Waals surface area contributed by atoms with Crippen molar-refractivity contribution in [2.75, 3.05) is 0 Å². The van der Waals surface area contributed by atoms with E-state index in [0.717, 1.165) is 10.8 Å². The van der Waals surface area contributed by atoms with Gasteiger partial charge in [-0.2, -0.15) is 4.39 Å². The van der Waals surface area contributed by atoms with Gasteiger partial charge in [-0.25, -0.2) is 4.79 Å². The first-order chi connectivity index (χ1) is 6.15. The summed E-state index contributed by atoms with van der Waals surface area (Å²) in [4.78, 5) is 23.4. The third-order valence-corrected chi connectivity index (χ3v) is 1.39. The normalized spacial score (nSPS) is 9.08. The molecule has 0 bridgehead atoms. The topological polar surface area (TPSA) is 54.9 Å². The molecule has 1 aromatic rings. The summed E-state index contributed by atoms with van der Waals surface area (Å²) in [5.41, 5.74) is -1.67. The fourth-order valence-electron chi connectivity index (χ4n) is 0.764. The quantitative estimate of drug-likeness (QED) is 0.606. The van der Waals surface area contributed by atoms with Crippen LogP contribution in [0.2, 0.25) is 0 Å². The number of nitrogens with one attached hydrogen (secondary N) is 1. The number of hydrogen-bond acceptors (Lipinski definition) is 2. The molecule has 0 spiro atoms. The van der Waals surface area contributed by atoms with Crippen LogP contribution < -0.4 is 11.2 Å². The van der Waals surface area contributed by atoms with Gasteiger partial charge in [0.1, 0.15) is 0 Å². The van der Waals surface area contributed by atoms with Gasteiger partial charge in [0.15, 0.2) is 0 Å². The first-order valence-corrected chi connectivity index (χ1v) is 3.54. The molecule has 1 N–H and O–H groups in total. The van der Waals surface area contributed by atoms with Gasteiger partial charge < -0.3 is 0 Å². The van der Waals surface area contributed by atoms with Crippen molar-refractivity contribution in [3.8, 4) is 11.8 Å². The van der Waals surface area contributed by atoms with Crippen molar-refractivity contribution in [2.45, 2.75) is 13.5 Å². The van der Waals surface area contributed by atoms with Crippen LogP contribution >= 0.6 is 0 Å². The standard InChI is InChI=1S/C8H7FN2O2/c1-2-3-4-11-5-6(9)7(12)10-8(11)13/h5H,4H2,1H3,(H,10,12,13). The Morgan fingerprint density at radius 3 is 2.92 bits per heavy atom. The molecule has 0 fully saturated rings. The van der Waals surface area contributed by atoms with E-state index in [1.54, 1.807) is 6.92 Å². The van der Waals surface area contributed by atoms with Crippen LogP contribution in [-0.2, 0) is 6.54 Å². The molecule has 1 rings (SSSR count). The van der Waals surface area contributed by atoms with Crippen molar-refractivity contribution in [1.29, 1.82) is 0 Å². The zero-order valence-electron chi connectivity index (χ0n) is 6.93. The fourth-order valence-corrected chi connectivity index (χ4v) is 0.764. The zero-order valence-corrected chi connectivity index (χ0v) is 6.93. The Morgan fingerprint density at radius 2 is 2.31 bits per heavy atom. The van der Waals surface area contributed by atoms with Gasteiger partial charge >= 0.3 is 5.69 Å². The van der Waals surface area contributed by atoms with Gasteiger partial charge in [-0.3, -0.25) is 14.3 Å². The van der Waals surface area contributed by atoms with E-state index in [0.29, 0.717) is 0 Å². The van der Waals surface area contributed by atoms with E-state index in [1.807, 2.05) is 4.98 Å². The second-order valence-corrected chi connectivity index (χ2v) is 2.29. The largest absolute Gasteiger partial charge is 0.329 e. The molecule has 1 heterocycles. The number of aromatic nitrogens is 2. The highest BCUT2D eigenvalue weighted by molar-refractivity contribution is 4.97. The molecule has 0 saturated heterocycles. The summed E-state index contributed by atoms with van der Waals surface area (Å²) in [6.45, 7) is 1.68. The van der Waals surface area contributed by atoms with Crippen molar-refractivity contribution in [2.24, 2.45) is 0 Å². The van der Waals surface area contributed by atoms with Crippen LogP contribution in [0.5, 0.6) is 0 Å². The summed E-state index contributed by atoms with van der Waals surface area (Å²) in [6, 6.07) is 0. The van der Waals surface area contributed by atoms with E-state index in [-0.39, 0.29) is 6.54 Å². The molecule has 0 aliphatic rings. The number of hydrogen-bond donors (Lipinski definition) is 1. The second-order valence-electron chi connectivity index (χ2n) is 2.29. The van der Waals surface area contributed by atoms with E-state index in [2.05, 4.69) is 11.8 Å². The number of nitrogens with zero attached hydrogens (tertiary/aromatic N) is 1. The summed E-state index contributed by atoms with van der Waals surface area (Å²) in [5.74, 6) is 4.14. The minimum absolute atomic E-state index is 0.0725. The third kappa shape index (κ3) is 2.06. The maximum atomic E-state index is 12.6. The van der Waals surface area contributed by atoms with Crippen LogP contribution in [0.4, 0.5) is 4.39 Å². The number of rotatable bonds is 1. The molecule has 5 heteroatoms. The van der Waals surface area contributed by atoms with Gasteiger partial charge in [0.05, 0.1) is 12.7 Å². The van der Waals surface area contributed by atoms with Crippen LogP contribution in [0.15, 0.2) is 15.8 Å². The molecule has 0 unspecified atom stereocenters. The second kappa shape index (κ2) is 3.72. The first kappa shape index (κ1) is 9.26. The molecule has 0 saturated carbocycles. The zero-order chi connectivity index (χ0) is 9.84. The minimum Gasteiger partial charge on any atom is -0.286 e. The summed E-state index contributed by atoms with van der Waals surface area (Å²) >= 11 is 0. The van der Waals surface area contributed by atoms with Gasteiger partial charge in [0.25, 0.3) is 5.56 Å². The maximum Gasteiger partial charge on any atom is 0.329 e. The van der Waals surface area contributed by atoms with Gasteiger partial charge in [0, 0.05) is 0 Å². The summed E-state index contributed by atoms with van der Waals surface area (Å²) in [5, 5.41) is 0. The minimum atomic E-state index is -1.01. The van der Waals surface area contributed by atoms with Crippen molar-refractivity contribution in [3.05, 3.63) is 32.9 Å². The Labute approximate surface area is 73.0 Å². The van der Waals surface area contributed by atoms with Crippen LogP contribution in [-0.4, -0.2) is 9.55 Å². The molecule has 1 aromatic heterocycles. The summed E-state index contributed by atoms with van der Waals surface area (Å²) < 4.78 is 13.6. The van der Waals surface area contributed by atoms with Crippen molar-refractivity contribution < 1.29 is 4.39 Å². The lowest BCUT2D eigenvalue weighted by molar-refractivity contribution is 0.570. The Balaban J connectivity index is 3.21. The highest BCUT2D eigenvalue weighted by Gasteiger charge is 2.01. The molecule has 68 valence electrons. The van der Waals surface area contributed by atoms with E-state index < -0.39 is 17.1 Å². The number of aromatic amines is 1. The predicted octanol–water partition coefficient (Wildman–Crippen LogP) is -0.301. The lowest BCUT2D eigenvalue weighted by atomic mass is 10.5. The Kier molecular flexibility index (Phi) is 2.65. The monoisotopic (exact) mass is 182 g/mol. The van der Waals surface area contributed by atoms with Gasteiger partial charge in [-0.1, -0.05) is 5.92 Å². The number of H-pyrrole nitrogens is 1. The molecule has 0 amide bonds. The highest BCUT2D eigenvalue weighted by atomic mass is 19.1. The van der Waals surface area contributed by atoms with Gasteiger partial charge in [-0.05, 0) is 6.92 Å². The first-order valence-electron chi connectivity index (χ1n) is 3.54. The molecule has 13 heavy (non-hydrogen) atoms. The lowest BCUT2D eigenvalue weighted by Gasteiger charge is -1.97. The number of halogens is 1. The Hall–Kier alpha value is -1.83. The Morgan fingerprint density at radius 1 is 1.62 bits per heavy atom. The van der Waals surface area contributed by atoms with E-state index in [9.17, 15) is 14.0 Å². The van der Waals surface area contributed by atoms with Crippen LogP contribution in [0.25, 0.3) is 0 Å². The highest BCUT2D eigenvalue weighted by Crippen LogP contribution is 1.82. The van der Waals surface area contributed by atoms with Crippen LogP contribution in [0, 0.1) is 17.7 Å². The Bertz CT molecular complexity index is 475. The molecular weight excluding hydrogens is 175 g/mol. The average molecular weight is 182 g/mol. The summed E-state index contributed by atoms with van der Waals surface area (Å²) in [6.07, 6.45) is 0.839. The van der Waals surface area contributed by atoms with E-state index in [1.165, 1.54) is 0 Å². The third-order valence-electron chi connectivity index (χ3n) is 1.39. The van der Waals surface area contributed by atoms with Crippen molar-refractivity contribution >= 4 is 0 Å². The predicted molar refractivity (Wildman–Crippen MR) is 44.7 cm³/mol. The molecule has 0 aliphatic carbocycles.